The van der Waals surface area contributed by atoms with Gasteiger partial charge in [-0.25, -0.2) is 4.98 Å². The van der Waals surface area contributed by atoms with E-state index in [2.05, 4.69) is 15.3 Å². The number of aromatic amines is 1. The van der Waals surface area contributed by atoms with Crippen LogP contribution in [0.15, 0.2) is 67.3 Å². The molecule has 5 rings (SSSR count). The standard InChI is InChI=1S/C23H20N4O2S/c1-29-16-6-7-19-18(13-16)15(14-26-19)8-10-24-22(28)21-20(27-11-2-3-12-27)17-5-4-9-25-23(17)30-21/h2-7,9,11-14,26H,8,10H2,1H3,(H,24,28). The number of nitrogens with zero attached hydrogens (tertiary/aromatic N) is 2. The largest absolute Gasteiger partial charge is 0.497 e. The molecule has 1 aromatic carbocycles. The highest BCUT2D eigenvalue weighted by molar-refractivity contribution is 7.21. The maximum Gasteiger partial charge on any atom is 0.263 e. The summed E-state index contributed by atoms with van der Waals surface area (Å²) in [6.07, 6.45) is 8.37. The summed E-state index contributed by atoms with van der Waals surface area (Å²) in [5, 5.41) is 5.17. The summed E-state index contributed by atoms with van der Waals surface area (Å²) < 4.78 is 7.31. The van der Waals surface area contributed by atoms with Crippen molar-refractivity contribution in [2.24, 2.45) is 0 Å². The van der Waals surface area contributed by atoms with Crippen LogP contribution in [0.3, 0.4) is 0 Å². The average Bonchev–Trinajstić information content (AvgIpc) is 3.51. The summed E-state index contributed by atoms with van der Waals surface area (Å²) in [6.45, 7) is 0.537. The van der Waals surface area contributed by atoms with E-state index in [4.69, 9.17) is 4.74 Å². The quantitative estimate of drug-likeness (QED) is 0.427. The zero-order chi connectivity index (χ0) is 20.5. The van der Waals surface area contributed by atoms with Crippen LogP contribution in [0.4, 0.5) is 0 Å². The van der Waals surface area contributed by atoms with Crippen LogP contribution in [0.1, 0.15) is 15.2 Å². The summed E-state index contributed by atoms with van der Waals surface area (Å²) in [5.74, 6) is 0.737. The van der Waals surface area contributed by atoms with Crippen LogP contribution < -0.4 is 10.1 Å². The van der Waals surface area contributed by atoms with Crippen molar-refractivity contribution in [2.45, 2.75) is 6.42 Å². The molecule has 0 unspecified atom stereocenters. The fourth-order valence-electron chi connectivity index (χ4n) is 3.70. The van der Waals surface area contributed by atoms with E-state index in [1.807, 2.05) is 65.6 Å². The fraction of sp³-hybridized carbons (Fsp3) is 0.130. The summed E-state index contributed by atoms with van der Waals surface area (Å²) in [4.78, 5) is 22.3. The molecule has 4 aromatic heterocycles. The predicted molar refractivity (Wildman–Crippen MR) is 120 cm³/mol. The molecule has 0 radical (unpaired) electrons. The second kappa shape index (κ2) is 7.68. The number of rotatable bonds is 6. The van der Waals surface area contributed by atoms with Gasteiger partial charge >= 0.3 is 0 Å². The number of H-pyrrole nitrogens is 1. The molecule has 6 nitrogen and oxygen atoms in total. The van der Waals surface area contributed by atoms with E-state index in [9.17, 15) is 4.79 Å². The zero-order valence-electron chi connectivity index (χ0n) is 16.4. The van der Waals surface area contributed by atoms with Gasteiger partial charge in [0.2, 0.25) is 0 Å². The molecule has 7 heteroatoms. The van der Waals surface area contributed by atoms with Gasteiger partial charge in [0.15, 0.2) is 0 Å². The number of thiophene rings is 1. The Morgan fingerprint density at radius 3 is 2.90 bits per heavy atom. The Bertz CT molecular complexity index is 1330. The van der Waals surface area contributed by atoms with Crippen molar-refractivity contribution in [3.8, 4) is 11.4 Å². The molecule has 0 aliphatic carbocycles. The normalized spacial score (nSPS) is 11.2. The highest BCUT2D eigenvalue weighted by Crippen LogP contribution is 2.33. The maximum atomic E-state index is 13.1. The van der Waals surface area contributed by atoms with Crippen molar-refractivity contribution in [1.82, 2.24) is 19.9 Å². The highest BCUT2D eigenvalue weighted by Gasteiger charge is 2.20. The number of hydrogen-bond donors (Lipinski definition) is 2. The number of pyridine rings is 1. The minimum Gasteiger partial charge on any atom is -0.497 e. The SMILES string of the molecule is COc1ccc2[nH]cc(CCNC(=O)c3sc4ncccc4c3-n3cccc3)c2c1. The first-order valence-corrected chi connectivity index (χ1v) is 10.5. The molecule has 0 aliphatic rings. The van der Waals surface area contributed by atoms with Crippen LogP contribution in [0, 0.1) is 0 Å². The van der Waals surface area contributed by atoms with Gasteiger partial charge in [-0.15, -0.1) is 11.3 Å². The number of amides is 1. The van der Waals surface area contributed by atoms with Crippen LogP contribution in [0.5, 0.6) is 5.75 Å². The first-order valence-electron chi connectivity index (χ1n) is 9.67. The van der Waals surface area contributed by atoms with Gasteiger partial charge in [-0.05, 0) is 54.4 Å². The lowest BCUT2D eigenvalue weighted by atomic mass is 10.1. The Hall–Kier alpha value is -3.58. The van der Waals surface area contributed by atoms with Gasteiger partial charge in [-0.3, -0.25) is 4.79 Å². The molecule has 5 aromatic rings. The monoisotopic (exact) mass is 416 g/mol. The van der Waals surface area contributed by atoms with Gasteiger partial charge in [0.25, 0.3) is 5.91 Å². The van der Waals surface area contributed by atoms with E-state index in [-0.39, 0.29) is 5.91 Å². The van der Waals surface area contributed by atoms with Crippen molar-refractivity contribution < 1.29 is 9.53 Å². The summed E-state index contributed by atoms with van der Waals surface area (Å²) >= 11 is 1.42. The van der Waals surface area contributed by atoms with Crippen molar-refractivity contribution in [3.05, 3.63) is 77.7 Å². The second-order valence-corrected chi connectivity index (χ2v) is 7.96. The number of aromatic nitrogens is 3. The Morgan fingerprint density at radius 2 is 2.07 bits per heavy atom. The molecule has 0 fully saturated rings. The molecule has 0 saturated heterocycles. The van der Waals surface area contributed by atoms with Gasteiger partial charge in [-0.2, -0.15) is 0 Å². The van der Waals surface area contributed by atoms with Crippen LogP contribution >= 0.6 is 11.3 Å². The molecule has 0 aliphatic heterocycles. The molecule has 4 heterocycles. The van der Waals surface area contributed by atoms with Crippen molar-refractivity contribution in [2.75, 3.05) is 13.7 Å². The minimum atomic E-state index is -0.0841. The molecular weight excluding hydrogens is 396 g/mol. The molecule has 1 amide bonds. The van der Waals surface area contributed by atoms with Crippen molar-refractivity contribution in [3.63, 3.8) is 0 Å². The van der Waals surface area contributed by atoms with E-state index in [0.717, 1.165) is 44.5 Å². The highest BCUT2D eigenvalue weighted by atomic mass is 32.1. The number of nitrogens with one attached hydrogen (secondary N) is 2. The molecular formula is C23H20N4O2S. The smallest absolute Gasteiger partial charge is 0.263 e. The average molecular weight is 417 g/mol. The second-order valence-electron chi connectivity index (χ2n) is 6.96. The van der Waals surface area contributed by atoms with E-state index in [0.29, 0.717) is 11.4 Å². The van der Waals surface area contributed by atoms with Gasteiger partial charge in [0, 0.05) is 47.6 Å². The fourth-order valence-corrected chi connectivity index (χ4v) is 4.75. The molecule has 0 bridgehead atoms. The molecule has 30 heavy (non-hydrogen) atoms. The topological polar surface area (TPSA) is 71.9 Å². The van der Waals surface area contributed by atoms with Gasteiger partial charge < -0.3 is 19.6 Å². The maximum absolute atomic E-state index is 13.1. The van der Waals surface area contributed by atoms with Crippen LogP contribution in [0.25, 0.3) is 26.8 Å². The number of carbonyl (C=O) groups excluding carboxylic acids is 1. The third-order valence-corrected chi connectivity index (χ3v) is 6.26. The lowest BCUT2D eigenvalue weighted by Gasteiger charge is -2.08. The number of methoxy groups -OCH3 is 1. The summed E-state index contributed by atoms with van der Waals surface area (Å²) in [6, 6.07) is 13.8. The van der Waals surface area contributed by atoms with Crippen molar-refractivity contribution >= 4 is 38.4 Å². The number of carbonyl (C=O) groups is 1. The van der Waals surface area contributed by atoms with Gasteiger partial charge in [-0.1, -0.05) is 0 Å². The minimum absolute atomic E-state index is 0.0841. The van der Waals surface area contributed by atoms with E-state index in [1.165, 1.54) is 11.3 Å². The zero-order valence-corrected chi connectivity index (χ0v) is 17.2. The Morgan fingerprint density at radius 1 is 1.20 bits per heavy atom. The van der Waals surface area contributed by atoms with Crippen LogP contribution in [-0.4, -0.2) is 34.1 Å². The lowest BCUT2D eigenvalue weighted by molar-refractivity contribution is 0.0958. The van der Waals surface area contributed by atoms with Gasteiger partial charge in [0.05, 0.1) is 12.8 Å². The van der Waals surface area contributed by atoms with Crippen molar-refractivity contribution in [1.29, 1.82) is 0 Å². The van der Waals surface area contributed by atoms with Crippen LogP contribution in [0.2, 0.25) is 0 Å². The number of hydrogen-bond acceptors (Lipinski definition) is 4. The van der Waals surface area contributed by atoms with E-state index in [1.54, 1.807) is 13.3 Å². The molecule has 150 valence electrons. The van der Waals surface area contributed by atoms with Crippen LogP contribution in [-0.2, 0) is 6.42 Å². The first-order chi connectivity index (χ1) is 14.7. The van der Waals surface area contributed by atoms with Gasteiger partial charge in [0.1, 0.15) is 15.5 Å². The Kier molecular flexibility index (Phi) is 4.72. The summed E-state index contributed by atoms with van der Waals surface area (Å²) in [7, 11) is 1.66. The molecule has 0 spiro atoms. The lowest BCUT2D eigenvalue weighted by Crippen LogP contribution is -2.25. The molecule has 2 N–H and O–H groups in total. The molecule has 0 atom stereocenters. The van der Waals surface area contributed by atoms with E-state index >= 15 is 0 Å². The number of fused-ring (bicyclic) bond motifs is 2. The molecule has 0 saturated carbocycles. The third kappa shape index (κ3) is 3.23. The third-order valence-electron chi connectivity index (χ3n) is 5.16. The Labute approximate surface area is 177 Å². The number of ether oxygens (including phenoxy) is 1. The van der Waals surface area contributed by atoms with E-state index < -0.39 is 0 Å². The number of benzene rings is 1. The summed E-state index contributed by atoms with van der Waals surface area (Å²) in [5.41, 5.74) is 3.08. The Balaban J connectivity index is 1.38. The predicted octanol–water partition coefficient (Wildman–Crippen LogP) is 4.55. The first kappa shape index (κ1) is 18.4.